The summed E-state index contributed by atoms with van der Waals surface area (Å²) in [5, 5.41) is 12.4. The highest BCUT2D eigenvalue weighted by atomic mass is 16.5. The number of nitrogens with one attached hydrogen (secondary N) is 2. The predicted octanol–water partition coefficient (Wildman–Crippen LogP) is 2.57. The second-order valence-corrected chi connectivity index (χ2v) is 5.66. The number of fused-ring (bicyclic) bond motifs is 1. The van der Waals surface area contributed by atoms with Crippen LogP contribution in [0.1, 0.15) is 37.3 Å². The van der Waals surface area contributed by atoms with Crippen LogP contribution in [-0.2, 0) is 0 Å². The van der Waals surface area contributed by atoms with E-state index in [1.54, 1.807) is 0 Å². The average molecular weight is 257 g/mol. The zero-order chi connectivity index (χ0) is 12.7. The molecule has 100 valence electrons. The van der Waals surface area contributed by atoms with Crippen molar-refractivity contribution in [2.45, 2.75) is 37.7 Å². The van der Waals surface area contributed by atoms with Gasteiger partial charge in [-0.3, -0.25) is 5.10 Å². The van der Waals surface area contributed by atoms with Gasteiger partial charge in [-0.2, -0.15) is 5.10 Å². The molecule has 4 nitrogen and oxygen atoms in total. The van der Waals surface area contributed by atoms with Gasteiger partial charge in [-0.1, -0.05) is 0 Å². The van der Waals surface area contributed by atoms with E-state index in [0.717, 1.165) is 24.4 Å². The van der Waals surface area contributed by atoms with Gasteiger partial charge in [-0.25, -0.2) is 0 Å². The van der Waals surface area contributed by atoms with Crippen molar-refractivity contribution in [3.05, 3.63) is 23.9 Å². The number of hydrogen-bond acceptors (Lipinski definition) is 3. The molecule has 0 atom stereocenters. The zero-order valence-electron chi connectivity index (χ0n) is 11.0. The van der Waals surface area contributed by atoms with E-state index < -0.39 is 0 Å². The van der Waals surface area contributed by atoms with Crippen molar-refractivity contribution >= 4 is 10.9 Å². The van der Waals surface area contributed by atoms with Gasteiger partial charge in [0, 0.05) is 17.4 Å². The Morgan fingerprint density at radius 3 is 2.74 bits per heavy atom. The molecule has 1 aliphatic heterocycles. The van der Waals surface area contributed by atoms with Crippen LogP contribution in [0, 0.1) is 0 Å². The number of aromatic nitrogens is 2. The summed E-state index contributed by atoms with van der Waals surface area (Å²) in [7, 11) is 0. The molecule has 0 amide bonds. The van der Waals surface area contributed by atoms with Gasteiger partial charge >= 0.3 is 0 Å². The lowest BCUT2D eigenvalue weighted by Crippen LogP contribution is -2.26. The topological polar surface area (TPSA) is 49.9 Å². The van der Waals surface area contributed by atoms with Crippen LogP contribution in [0.4, 0.5) is 0 Å². The molecule has 0 radical (unpaired) electrons. The van der Waals surface area contributed by atoms with Crippen LogP contribution in [0.25, 0.3) is 10.9 Å². The number of benzene rings is 1. The van der Waals surface area contributed by atoms with Crippen molar-refractivity contribution < 1.29 is 4.74 Å². The SMILES string of the molecule is c1cc2c(C3CCNCC3)n[nH]c2cc1OC1CC1. The molecule has 2 aliphatic rings. The normalized spacial score (nSPS) is 20.8. The molecule has 1 aromatic carbocycles. The molecule has 2 N–H and O–H groups in total. The van der Waals surface area contributed by atoms with Crippen molar-refractivity contribution in [3.8, 4) is 5.75 Å². The van der Waals surface area contributed by atoms with Crippen molar-refractivity contribution in [1.29, 1.82) is 0 Å². The van der Waals surface area contributed by atoms with Gasteiger partial charge in [0.05, 0.1) is 17.3 Å². The Balaban J connectivity index is 1.64. The highest BCUT2D eigenvalue weighted by Crippen LogP contribution is 2.33. The fourth-order valence-electron chi connectivity index (χ4n) is 2.88. The minimum Gasteiger partial charge on any atom is -0.490 e. The number of piperidine rings is 1. The minimum atomic E-state index is 0.448. The molecule has 0 bridgehead atoms. The third kappa shape index (κ3) is 2.21. The molecule has 2 fully saturated rings. The Hall–Kier alpha value is -1.55. The van der Waals surface area contributed by atoms with Gasteiger partial charge in [0.15, 0.2) is 0 Å². The van der Waals surface area contributed by atoms with E-state index in [0.29, 0.717) is 12.0 Å². The fourth-order valence-corrected chi connectivity index (χ4v) is 2.88. The maximum Gasteiger partial charge on any atom is 0.121 e. The first-order valence-corrected chi connectivity index (χ1v) is 7.25. The molecule has 4 heteroatoms. The summed E-state index contributed by atoms with van der Waals surface area (Å²) in [6.07, 6.45) is 5.20. The van der Waals surface area contributed by atoms with E-state index in [9.17, 15) is 0 Å². The molecule has 1 aliphatic carbocycles. The van der Waals surface area contributed by atoms with E-state index in [1.807, 2.05) is 0 Å². The minimum absolute atomic E-state index is 0.448. The van der Waals surface area contributed by atoms with Crippen LogP contribution in [0.3, 0.4) is 0 Å². The Labute approximate surface area is 112 Å². The Bertz CT molecular complexity index is 582. The lowest BCUT2D eigenvalue weighted by atomic mass is 9.92. The first kappa shape index (κ1) is 11.3. The maximum atomic E-state index is 5.83. The second kappa shape index (κ2) is 4.53. The fraction of sp³-hybridized carbons (Fsp3) is 0.533. The van der Waals surface area contributed by atoms with Gasteiger partial charge in [-0.15, -0.1) is 0 Å². The van der Waals surface area contributed by atoms with Crippen LogP contribution >= 0.6 is 0 Å². The standard InChI is InChI=1S/C15H19N3O/c1-2-11(1)19-12-3-4-13-14(9-12)17-18-15(13)10-5-7-16-8-6-10/h3-4,9-11,16H,1-2,5-8H2,(H,17,18). The summed E-state index contributed by atoms with van der Waals surface area (Å²) in [5.74, 6) is 1.56. The Morgan fingerprint density at radius 2 is 1.95 bits per heavy atom. The van der Waals surface area contributed by atoms with Crippen molar-refractivity contribution in [3.63, 3.8) is 0 Å². The van der Waals surface area contributed by atoms with Crippen LogP contribution in [0.2, 0.25) is 0 Å². The van der Waals surface area contributed by atoms with E-state index in [1.165, 1.54) is 36.8 Å². The van der Waals surface area contributed by atoms with Gasteiger partial charge < -0.3 is 10.1 Å². The van der Waals surface area contributed by atoms with E-state index >= 15 is 0 Å². The quantitative estimate of drug-likeness (QED) is 0.888. The lowest BCUT2D eigenvalue weighted by Gasteiger charge is -2.21. The van der Waals surface area contributed by atoms with Gasteiger partial charge in [0.1, 0.15) is 5.75 Å². The number of H-pyrrole nitrogens is 1. The number of aromatic amines is 1. The smallest absolute Gasteiger partial charge is 0.121 e. The Morgan fingerprint density at radius 1 is 1.11 bits per heavy atom. The summed E-state index contributed by atoms with van der Waals surface area (Å²) >= 11 is 0. The summed E-state index contributed by atoms with van der Waals surface area (Å²) in [4.78, 5) is 0. The molecule has 0 unspecified atom stereocenters. The molecular formula is C15H19N3O. The van der Waals surface area contributed by atoms with E-state index in [4.69, 9.17) is 4.74 Å². The molecule has 1 saturated heterocycles. The Kier molecular flexibility index (Phi) is 2.69. The largest absolute Gasteiger partial charge is 0.490 e. The first-order chi connectivity index (χ1) is 9.40. The summed E-state index contributed by atoms with van der Waals surface area (Å²) in [6, 6.07) is 6.33. The molecule has 1 aromatic heterocycles. The van der Waals surface area contributed by atoms with E-state index in [2.05, 4.69) is 33.7 Å². The summed E-state index contributed by atoms with van der Waals surface area (Å²) in [6.45, 7) is 2.20. The lowest BCUT2D eigenvalue weighted by molar-refractivity contribution is 0.303. The molecule has 2 aromatic rings. The second-order valence-electron chi connectivity index (χ2n) is 5.66. The number of hydrogen-bond donors (Lipinski definition) is 2. The molecule has 1 saturated carbocycles. The van der Waals surface area contributed by atoms with Crippen molar-refractivity contribution in [2.24, 2.45) is 0 Å². The van der Waals surface area contributed by atoms with Gasteiger partial charge in [0.2, 0.25) is 0 Å². The maximum absolute atomic E-state index is 5.83. The third-order valence-corrected chi connectivity index (χ3v) is 4.12. The third-order valence-electron chi connectivity index (χ3n) is 4.12. The van der Waals surface area contributed by atoms with Crippen LogP contribution in [0.15, 0.2) is 18.2 Å². The number of nitrogens with zero attached hydrogens (tertiary/aromatic N) is 1. The van der Waals surface area contributed by atoms with Gasteiger partial charge in [-0.05, 0) is 50.9 Å². The summed E-state index contributed by atoms with van der Waals surface area (Å²) in [5.41, 5.74) is 2.33. The zero-order valence-corrected chi connectivity index (χ0v) is 11.0. The highest BCUT2D eigenvalue weighted by molar-refractivity contribution is 5.83. The average Bonchev–Trinajstić information content (AvgIpc) is 3.17. The first-order valence-electron chi connectivity index (χ1n) is 7.25. The predicted molar refractivity (Wildman–Crippen MR) is 74.6 cm³/mol. The molecule has 19 heavy (non-hydrogen) atoms. The number of rotatable bonds is 3. The molecule has 0 spiro atoms. The van der Waals surface area contributed by atoms with Crippen molar-refractivity contribution in [2.75, 3.05) is 13.1 Å². The molecular weight excluding hydrogens is 238 g/mol. The number of ether oxygens (including phenoxy) is 1. The van der Waals surface area contributed by atoms with Gasteiger partial charge in [0.25, 0.3) is 0 Å². The van der Waals surface area contributed by atoms with Crippen LogP contribution in [0.5, 0.6) is 5.75 Å². The van der Waals surface area contributed by atoms with Crippen LogP contribution in [-0.4, -0.2) is 29.4 Å². The molecule has 2 heterocycles. The molecule has 4 rings (SSSR count). The summed E-state index contributed by atoms with van der Waals surface area (Å²) < 4.78 is 5.83. The monoisotopic (exact) mass is 257 g/mol. The van der Waals surface area contributed by atoms with E-state index in [-0.39, 0.29) is 0 Å². The highest BCUT2D eigenvalue weighted by Gasteiger charge is 2.24. The van der Waals surface area contributed by atoms with Crippen LogP contribution < -0.4 is 10.1 Å². The van der Waals surface area contributed by atoms with Crippen molar-refractivity contribution in [1.82, 2.24) is 15.5 Å².